The van der Waals surface area contributed by atoms with Crippen LogP contribution in [0.1, 0.15) is 11.1 Å². The van der Waals surface area contributed by atoms with Crippen LogP contribution in [0.2, 0.25) is 0 Å². The van der Waals surface area contributed by atoms with Crippen LogP contribution in [-0.4, -0.2) is 25.9 Å². The van der Waals surface area contributed by atoms with Crippen molar-refractivity contribution in [2.24, 2.45) is 0 Å². The van der Waals surface area contributed by atoms with E-state index in [1.54, 1.807) is 0 Å². The highest BCUT2D eigenvalue weighted by Crippen LogP contribution is 2.17. The maximum atomic E-state index is 13.0. The van der Waals surface area contributed by atoms with Gasteiger partial charge in [-0.2, -0.15) is 0 Å². The van der Waals surface area contributed by atoms with Crippen molar-refractivity contribution in [3.05, 3.63) is 69.3 Å². The summed E-state index contributed by atoms with van der Waals surface area (Å²) in [5.74, 6) is -0.699. The van der Waals surface area contributed by atoms with E-state index in [1.165, 1.54) is 30.7 Å². The Morgan fingerprint density at radius 2 is 1.42 bits per heavy atom. The first-order valence-corrected chi connectivity index (χ1v) is 10.6. The summed E-state index contributed by atoms with van der Waals surface area (Å²) >= 11 is 0. The molecule has 0 bridgehead atoms. The molecule has 0 aliphatic carbocycles. The highest BCUT2D eigenvalue weighted by atomic mass is 32.2. The number of nitro benzene ring substituents is 1. The molecule has 0 spiro atoms. The molecule has 6 nitrogen and oxygen atoms in total. The molecule has 0 fully saturated rings. The highest BCUT2D eigenvalue weighted by molar-refractivity contribution is 7.83. The second-order valence-electron chi connectivity index (χ2n) is 5.32. The zero-order chi connectivity index (χ0) is 19.9. The molecular formula is C16H18F2N2O4S2. The predicted octanol–water partition coefficient (Wildman–Crippen LogP) is 2.90. The summed E-state index contributed by atoms with van der Waals surface area (Å²) in [5, 5.41) is 10.4. The number of nitrogen functional groups attached to an aromatic ring is 1. The Hall–Kier alpha value is -2.20. The van der Waals surface area contributed by atoms with Crippen LogP contribution in [0.25, 0.3) is 0 Å². The van der Waals surface area contributed by atoms with Crippen molar-refractivity contribution in [2.75, 3.05) is 18.2 Å². The number of nitro groups is 1. The largest absolute Gasteiger partial charge is 0.399 e. The summed E-state index contributed by atoms with van der Waals surface area (Å²) in [4.78, 5) is 9.75. The Kier molecular flexibility index (Phi) is 8.46. The number of nitrogens with two attached hydrogens (primary N) is 1. The predicted molar refractivity (Wildman–Crippen MR) is 99.4 cm³/mol. The minimum Gasteiger partial charge on any atom is -0.399 e. The lowest BCUT2D eigenvalue weighted by atomic mass is 10.2. The quantitative estimate of drug-likeness (QED) is 0.469. The van der Waals surface area contributed by atoms with Gasteiger partial charge in [-0.1, -0.05) is 0 Å². The van der Waals surface area contributed by atoms with Gasteiger partial charge in [0.1, 0.15) is 11.6 Å². The summed E-state index contributed by atoms with van der Waals surface area (Å²) in [6, 6.07) is 7.49. The Morgan fingerprint density at radius 3 is 1.88 bits per heavy atom. The minimum atomic E-state index is -1.21. The second-order valence-corrected chi connectivity index (χ2v) is 8.19. The number of hydrogen-bond acceptors (Lipinski definition) is 5. The molecule has 0 heterocycles. The number of rotatable bonds is 5. The van der Waals surface area contributed by atoms with E-state index in [1.807, 2.05) is 0 Å². The fourth-order valence-corrected chi connectivity index (χ4v) is 3.25. The number of hydrogen-bond donors (Lipinski definition) is 1. The summed E-state index contributed by atoms with van der Waals surface area (Å²) in [6.07, 6.45) is 2.95. The molecule has 26 heavy (non-hydrogen) atoms. The molecule has 10 heteroatoms. The van der Waals surface area contributed by atoms with Gasteiger partial charge in [0.05, 0.1) is 16.4 Å². The standard InChI is InChI=1S/C8H8FNO3S.C8H10FNOS/c1-14(13)5-6-4-7(10(11)12)2-3-8(6)9;1-12(11)5-6-4-7(10)2-3-8(6)9/h2-4H,5H2,1H3;2-4H,5,10H2,1H3. The van der Waals surface area contributed by atoms with Crippen LogP contribution >= 0.6 is 0 Å². The van der Waals surface area contributed by atoms with E-state index < -0.39 is 32.3 Å². The third kappa shape index (κ3) is 7.36. The van der Waals surface area contributed by atoms with Gasteiger partial charge in [0, 0.05) is 63.1 Å². The Bertz CT molecular complexity index is 847. The van der Waals surface area contributed by atoms with Crippen LogP contribution in [0, 0.1) is 21.7 Å². The van der Waals surface area contributed by atoms with E-state index in [9.17, 15) is 27.3 Å². The van der Waals surface area contributed by atoms with Crippen LogP contribution in [0.4, 0.5) is 20.2 Å². The Morgan fingerprint density at radius 1 is 0.962 bits per heavy atom. The molecule has 2 unspecified atom stereocenters. The highest BCUT2D eigenvalue weighted by Gasteiger charge is 2.11. The molecule has 2 atom stereocenters. The SMILES string of the molecule is CS(=O)Cc1cc(N)ccc1F.CS(=O)Cc1cc([N+](=O)[O-])ccc1F. The fourth-order valence-electron chi connectivity index (χ4n) is 1.93. The first kappa shape index (κ1) is 21.8. The van der Waals surface area contributed by atoms with E-state index >= 15 is 0 Å². The molecule has 142 valence electrons. The fraction of sp³-hybridized carbons (Fsp3) is 0.250. The molecule has 2 aromatic carbocycles. The van der Waals surface area contributed by atoms with Gasteiger partial charge >= 0.3 is 0 Å². The van der Waals surface area contributed by atoms with Crippen LogP contribution in [0.15, 0.2) is 36.4 Å². The Labute approximate surface area is 154 Å². The number of nitrogens with zero attached hydrogens (tertiary/aromatic N) is 1. The van der Waals surface area contributed by atoms with E-state index in [0.29, 0.717) is 11.3 Å². The maximum absolute atomic E-state index is 13.0. The van der Waals surface area contributed by atoms with Crippen LogP contribution < -0.4 is 5.73 Å². The molecule has 0 saturated heterocycles. The number of non-ortho nitro benzene ring substituents is 1. The first-order chi connectivity index (χ1) is 12.1. The third-order valence-corrected chi connectivity index (χ3v) is 4.46. The van der Waals surface area contributed by atoms with E-state index in [-0.39, 0.29) is 28.6 Å². The molecule has 0 radical (unpaired) electrons. The average Bonchev–Trinajstić information content (AvgIpc) is 2.52. The van der Waals surface area contributed by atoms with E-state index in [2.05, 4.69) is 0 Å². The molecule has 0 aliphatic rings. The molecule has 0 saturated carbocycles. The second kappa shape index (κ2) is 10.1. The van der Waals surface area contributed by atoms with Crippen molar-refractivity contribution in [1.29, 1.82) is 0 Å². The van der Waals surface area contributed by atoms with Gasteiger partial charge < -0.3 is 5.73 Å². The lowest BCUT2D eigenvalue weighted by molar-refractivity contribution is -0.385. The lowest BCUT2D eigenvalue weighted by Gasteiger charge is -2.01. The van der Waals surface area contributed by atoms with Crippen molar-refractivity contribution in [3.8, 4) is 0 Å². The summed E-state index contributed by atoms with van der Waals surface area (Å²) < 4.78 is 47.6. The van der Waals surface area contributed by atoms with E-state index in [0.717, 1.165) is 18.2 Å². The third-order valence-electron chi connectivity index (χ3n) is 3.03. The molecule has 2 rings (SSSR count). The lowest BCUT2D eigenvalue weighted by Crippen LogP contribution is -1.98. The van der Waals surface area contributed by atoms with Crippen LogP contribution in [0.5, 0.6) is 0 Å². The normalized spacial score (nSPS) is 12.6. The number of anilines is 1. The smallest absolute Gasteiger partial charge is 0.269 e. The van der Waals surface area contributed by atoms with Crippen LogP contribution in [0.3, 0.4) is 0 Å². The zero-order valence-electron chi connectivity index (χ0n) is 14.1. The average molecular weight is 404 g/mol. The number of benzene rings is 2. The van der Waals surface area contributed by atoms with Crippen LogP contribution in [-0.2, 0) is 33.1 Å². The maximum Gasteiger partial charge on any atom is 0.269 e. The van der Waals surface area contributed by atoms with Crippen molar-refractivity contribution >= 4 is 33.0 Å². The Balaban J connectivity index is 0.000000263. The number of halogens is 2. The van der Waals surface area contributed by atoms with Crippen molar-refractivity contribution in [2.45, 2.75) is 11.5 Å². The molecule has 2 aromatic rings. The van der Waals surface area contributed by atoms with Gasteiger partial charge in [0.25, 0.3) is 5.69 Å². The van der Waals surface area contributed by atoms with Crippen molar-refractivity contribution in [3.63, 3.8) is 0 Å². The molecule has 2 N–H and O–H groups in total. The summed E-state index contributed by atoms with van der Waals surface area (Å²) in [5.41, 5.74) is 6.27. The first-order valence-electron chi connectivity index (χ1n) is 7.17. The van der Waals surface area contributed by atoms with Gasteiger partial charge in [0.15, 0.2) is 0 Å². The van der Waals surface area contributed by atoms with Gasteiger partial charge in [-0.3, -0.25) is 18.5 Å². The topological polar surface area (TPSA) is 103 Å². The van der Waals surface area contributed by atoms with Gasteiger partial charge in [-0.15, -0.1) is 0 Å². The monoisotopic (exact) mass is 404 g/mol. The van der Waals surface area contributed by atoms with Gasteiger partial charge in [-0.25, -0.2) is 8.78 Å². The molecular weight excluding hydrogens is 386 g/mol. The van der Waals surface area contributed by atoms with E-state index in [4.69, 9.17) is 5.73 Å². The summed E-state index contributed by atoms with van der Waals surface area (Å²) in [6.45, 7) is 0. The van der Waals surface area contributed by atoms with Crippen molar-refractivity contribution in [1.82, 2.24) is 0 Å². The molecule has 0 amide bonds. The van der Waals surface area contributed by atoms with Crippen molar-refractivity contribution < 1.29 is 22.1 Å². The zero-order valence-corrected chi connectivity index (χ0v) is 15.7. The minimum absolute atomic E-state index is 0.00644. The molecule has 0 aromatic heterocycles. The van der Waals surface area contributed by atoms with Gasteiger partial charge in [0.2, 0.25) is 0 Å². The van der Waals surface area contributed by atoms with Gasteiger partial charge in [-0.05, 0) is 24.3 Å². The summed E-state index contributed by atoms with van der Waals surface area (Å²) in [7, 11) is -2.24. The molecule has 0 aliphatic heterocycles.